The maximum atomic E-state index is 12.7. The molecule has 242 valence electrons. The largest absolute Gasteiger partial charge is 0.462 e. The van der Waals surface area contributed by atoms with Gasteiger partial charge < -0.3 is 4.74 Å². The van der Waals surface area contributed by atoms with E-state index in [4.69, 9.17) is 4.74 Å². The predicted molar refractivity (Wildman–Crippen MR) is 179 cm³/mol. The summed E-state index contributed by atoms with van der Waals surface area (Å²) < 4.78 is 6.10. The van der Waals surface area contributed by atoms with Gasteiger partial charge in [0.1, 0.15) is 6.10 Å². The summed E-state index contributed by atoms with van der Waals surface area (Å²) in [4.78, 5) is 12.7. The summed E-state index contributed by atoms with van der Waals surface area (Å²) in [5.74, 6) is 5.34. The minimum absolute atomic E-state index is 0.0606. The maximum Gasteiger partial charge on any atom is 0.306 e. The van der Waals surface area contributed by atoms with E-state index in [2.05, 4.69) is 47.6 Å². The summed E-state index contributed by atoms with van der Waals surface area (Å²) in [5, 5.41) is 0. The highest BCUT2D eigenvalue weighted by molar-refractivity contribution is 5.69. The molecule has 2 nitrogen and oxygen atoms in total. The van der Waals surface area contributed by atoms with Crippen molar-refractivity contribution in [3.63, 3.8) is 0 Å². The summed E-state index contributed by atoms with van der Waals surface area (Å²) in [5.41, 5.74) is 2.54. The van der Waals surface area contributed by atoms with Crippen LogP contribution in [-0.4, -0.2) is 12.1 Å². The summed E-state index contributed by atoms with van der Waals surface area (Å²) in [6.45, 7) is 14.9. The Hall–Kier alpha value is -0.790. The number of fused-ring (bicyclic) bond motifs is 5. The lowest BCUT2D eigenvalue weighted by Crippen LogP contribution is -2.51. The van der Waals surface area contributed by atoms with E-state index in [9.17, 15) is 4.79 Å². The van der Waals surface area contributed by atoms with Crippen molar-refractivity contribution in [3.8, 4) is 0 Å². The number of unbranched alkanes of at least 4 members (excludes halogenated alkanes) is 9. The van der Waals surface area contributed by atoms with Crippen LogP contribution in [0.4, 0.5) is 0 Å². The average molecular weight is 583 g/mol. The fourth-order valence-corrected chi connectivity index (χ4v) is 10.8. The second kappa shape index (κ2) is 16.0. The molecule has 0 aromatic heterocycles. The lowest BCUT2D eigenvalue weighted by atomic mass is 9.47. The van der Waals surface area contributed by atoms with Crippen molar-refractivity contribution in [1.82, 2.24) is 0 Å². The molecule has 3 saturated carbocycles. The van der Waals surface area contributed by atoms with Gasteiger partial charge in [0.15, 0.2) is 0 Å². The standard InChI is InChI=1S/C40H70O2/c1-7-8-9-10-11-12-13-14-15-16-20-38(41)42-33-25-27-39(5)32(29-33)21-22-34-36-24-23-35(31(4)19-17-18-30(2)3)40(36,6)28-26-37(34)39/h21,30-31,33-37H,7-20,22-29H2,1-6H3/t31-,33+,34+,35-,36+,37+,39+,40-/m1/s1. The molecule has 0 aromatic rings. The molecule has 0 amide bonds. The fraction of sp³-hybridized carbons (Fsp3) is 0.925. The predicted octanol–water partition coefficient (Wildman–Crippen LogP) is 12.3. The van der Waals surface area contributed by atoms with Crippen LogP contribution in [0.3, 0.4) is 0 Å². The molecule has 0 N–H and O–H groups in total. The molecule has 0 spiro atoms. The third-order valence-corrected chi connectivity index (χ3v) is 13.3. The number of rotatable bonds is 17. The molecule has 0 radical (unpaired) electrons. The summed E-state index contributed by atoms with van der Waals surface area (Å²) >= 11 is 0. The van der Waals surface area contributed by atoms with Crippen LogP contribution >= 0.6 is 0 Å². The van der Waals surface area contributed by atoms with E-state index < -0.39 is 0 Å². The minimum Gasteiger partial charge on any atom is -0.462 e. The van der Waals surface area contributed by atoms with Crippen molar-refractivity contribution in [2.75, 3.05) is 0 Å². The lowest BCUT2D eigenvalue weighted by Gasteiger charge is -2.58. The van der Waals surface area contributed by atoms with E-state index in [1.807, 2.05) is 0 Å². The van der Waals surface area contributed by atoms with Gasteiger partial charge in [-0.25, -0.2) is 0 Å². The number of carbonyl (C=O) groups is 1. The smallest absolute Gasteiger partial charge is 0.306 e. The highest BCUT2D eigenvalue weighted by atomic mass is 16.5. The number of carbonyl (C=O) groups excluding carboxylic acids is 1. The van der Waals surface area contributed by atoms with Crippen LogP contribution in [0.2, 0.25) is 0 Å². The molecule has 0 heterocycles. The number of hydrogen-bond donors (Lipinski definition) is 0. The first-order chi connectivity index (χ1) is 20.2. The molecular formula is C40H70O2. The zero-order valence-electron chi connectivity index (χ0n) is 29.0. The zero-order valence-corrected chi connectivity index (χ0v) is 29.0. The van der Waals surface area contributed by atoms with Crippen LogP contribution in [0.25, 0.3) is 0 Å². The first kappa shape index (κ1) is 34.1. The highest BCUT2D eigenvalue weighted by Gasteiger charge is 2.59. The Morgan fingerprint density at radius 3 is 2.21 bits per heavy atom. The Morgan fingerprint density at radius 2 is 1.52 bits per heavy atom. The van der Waals surface area contributed by atoms with Gasteiger partial charge in [-0.15, -0.1) is 0 Å². The molecule has 0 bridgehead atoms. The van der Waals surface area contributed by atoms with Crippen molar-refractivity contribution in [1.29, 1.82) is 0 Å². The van der Waals surface area contributed by atoms with Crippen molar-refractivity contribution < 1.29 is 9.53 Å². The average Bonchev–Trinajstić information content (AvgIpc) is 3.31. The third kappa shape index (κ3) is 8.27. The van der Waals surface area contributed by atoms with E-state index in [1.165, 1.54) is 116 Å². The molecule has 2 heteroatoms. The van der Waals surface area contributed by atoms with Gasteiger partial charge in [0, 0.05) is 12.8 Å². The Kier molecular flexibility index (Phi) is 13.0. The molecule has 4 aliphatic rings. The number of esters is 1. The normalized spacial score (nSPS) is 34.8. The van der Waals surface area contributed by atoms with Gasteiger partial charge >= 0.3 is 5.97 Å². The van der Waals surface area contributed by atoms with E-state index in [0.29, 0.717) is 17.3 Å². The second-order valence-electron chi connectivity index (χ2n) is 16.6. The molecule has 0 aromatic carbocycles. The molecule has 3 fully saturated rings. The van der Waals surface area contributed by atoms with Gasteiger partial charge in [-0.2, -0.15) is 0 Å². The van der Waals surface area contributed by atoms with Gasteiger partial charge in [-0.05, 0) is 97.7 Å². The Morgan fingerprint density at radius 1 is 0.833 bits per heavy atom. The third-order valence-electron chi connectivity index (χ3n) is 13.3. The highest BCUT2D eigenvalue weighted by Crippen LogP contribution is 2.67. The Labute approximate surface area is 262 Å². The number of ether oxygens (including phenoxy) is 1. The van der Waals surface area contributed by atoms with Crippen molar-refractivity contribution in [3.05, 3.63) is 11.6 Å². The Balaban J connectivity index is 1.21. The van der Waals surface area contributed by atoms with Gasteiger partial charge in [-0.3, -0.25) is 4.79 Å². The molecule has 4 aliphatic carbocycles. The molecule has 0 saturated heterocycles. The van der Waals surface area contributed by atoms with E-state index in [0.717, 1.165) is 54.8 Å². The molecule has 4 rings (SSSR count). The second-order valence-corrected chi connectivity index (χ2v) is 16.6. The van der Waals surface area contributed by atoms with Gasteiger partial charge in [0.2, 0.25) is 0 Å². The SMILES string of the molecule is CCCCCCCCCCCCC(=O)O[C@H]1CC[C@@]2(C)C(=CC[C@H]3[C@@H]4CC[C@H]([C@H](C)CCCC(C)C)[C@@]4(C)CC[C@@H]32)C1. The first-order valence-corrected chi connectivity index (χ1v) is 19.1. The molecular weight excluding hydrogens is 512 g/mol. The van der Waals surface area contributed by atoms with Crippen molar-refractivity contribution in [2.45, 2.75) is 189 Å². The van der Waals surface area contributed by atoms with E-state index >= 15 is 0 Å². The molecule has 42 heavy (non-hydrogen) atoms. The number of hydrogen-bond acceptors (Lipinski definition) is 2. The number of allylic oxidation sites excluding steroid dienone is 1. The Bertz CT molecular complexity index is 858. The maximum absolute atomic E-state index is 12.7. The molecule has 0 aliphatic heterocycles. The van der Waals surface area contributed by atoms with Crippen molar-refractivity contribution in [2.24, 2.45) is 46.3 Å². The minimum atomic E-state index is 0.0606. The fourth-order valence-electron chi connectivity index (χ4n) is 10.8. The van der Waals surface area contributed by atoms with Crippen LogP contribution in [0, 0.1) is 46.3 Å². The molecule has 0 unspecified atom stereocenters. The zero-order chi connectivity index (χ0) is 30.2. The van der Waals surface area contributed by atoms with Crippen molar-refractivity contribution >= 4 is 5.97 Å². The monoisotopic (exact) mass is 583 g/mol. The van der Waals surface area contributed by atoms with Crippen LogP contribution in [0.1, 0.15) is 183 Å². The summed E-state index contributed by atoms with van der Waals surface area (Å²) in [6.07, 6.45) is 31.0. The quantitative estimate of drug-likeness (QED) is 0.0968. The van der Waals surface area contributed by atoms with E-state index in [-0.39, 0.29) is 12.1 Å². The van der Waals surface area contributed by atoms with Gasteiger partial charge in [0.25, 0.3) is 0 Å². The van der Waals surface area contributed by atoms with Crippen LogP contribution in [-0.2, 0) is 9.53 Å². The molecule has 8 atom stereocenters. The van der Waals surface area contributed by atoms with Crippen LogP contribution < -0.4 is 0 Å². The first-order valence-electron chi connectivity index (χ1n) is 19.1. The van der Waals surface area contributed by atoms with E-state index in [1.54, 1.807) is 5.57 Å². The van der Waals surface area contributed by atoms with Crippen LogP contribution in [0.5, 0.6) is 0 Å². The van der Waals surface area contributed by atoms with Crippen LogP contribution in [0.15, 0.2) is 11.6 Å². The van der Waals surface area contributed by atoms with Gasteiger partial charge in [0.05, 0.1) is 0 Å². The lowest BCUT2D eigenvalue weighted by molar-refractivity contribution is -0.151. The van der Waals surface area contributed by atoms with Gasteiger partial charge in [-0.1, -0.05) is 130 Å². The topological polar surface area (TPSA) is 26.3 Å². The summed E-state index contributed by atoms with van der Waals surface area (Å²) in [7, 11) is 0. The summed E-state index contributed by atoms with van der Waals surface area (Å²) in [6, 6.07) is 0.